The third-order valence-corrected chi connectivity index (χ3v) is 1.93. The van der Waals surface area contributed by atoms with Crippen molar-refractivity contribution in [2.24, 2.45) is 0 Å². The summed E-state index contributed by atoms with van der Waals surface area (Å²) in [6.07, 6.45) is 0. The van der Waals surface area contributed by atoms with Gasteiger partial charge in [0.15, 0.2) is 5.78 Å². The number of methoxy groups -OCH3 is 1. The van der Waals surface area contributed by atoms with Crippen LogP contribution in [-0.4, -0.2) is 24.6 Å². The van der Waals surface area contributed by atoms with Gasteiger partial charge in [-0.25, -0.2) is 0 Å². The lowest BCUT2D eigenvalue weighted by atomic mass is 10.1. The van der Waals surface area contributed by atoms with E-state index in [4.69, 9.17) is 21.4 Å². The summed E-state index contributed by atoms with van der Waals surface area (Å²) < 4.78 is 4.91. The summed E-state index contributed by atoms with van der Waals surface area (Å²) >= 11 is 5.77. The van der Waals surface area contributed by atoms with Crippen LogP contribution in [0.5, 0.6) is 5.75 Å². The fourth-order valence-corrected chi connectivity index (χ4v) is 1.21. The van der Waals surface area contributed by atoms with Gasteiger partial charge in [0.05, 0.1) is 12.1 Å². The van der Waals surface area contributed by atoms with Crippen LogP contribution in [0.25, 0.3) is 0 Å². The van der Waals surface area contributed by atoms with Gasteiger partial charge in [0.25, 0.3) is 0 Å². The summed E-state index contributed by atoms with van der Waals surface area (Å²) in [6, 6.07) is 4.68. The molecule has 1 aromatic carbocycles. The molecule has 0 bridgehead atoms. The molecule has 0 spiro atoms. The van der Waals surface area contributed by atoms with Gasteiger partial charge in [-0.15, -0.1) is 0 Å². The second-order valence-electron chi connectivity index (χ2n) is 2.43. The predicted molar refractivity (Wildman–Crippen MR) is 49.4 cm³/mol. The quantitative estimate of drug-likeness (QED) is 0.753. The standard InChI is InChI=1S/C9H9ClO3/c1-13-6-2-3-7(8(10)4-6)9(12)5-11/h2-4,11H,5H2,1H3. The molecule has 0 atom stereocenters. The molecule has 0 aliphatic heterocycles. The number of ether oxygens (including phenoxy) is 1. The van der Waals surface area contributed by atoms with Crippen LogP contribution in [0.2, 0.25) is 5.02 Å². The average Bonchev–Trinajstić information content (AvgIpc) is 2.16. The molecular formula is C9H9ClO3. The van der Waals surface area contributed by atoms with Gasteiger partial charge in [-0.2, -0.15) is 0 Å². The van der Waals surface area contributed by atoms with Crippen LogP contribution >= 0.6 is 11.6 Å². The fourth-order valence-electron chi connectivity index (χ4n) is 0.934. The van der Waals surface area contributed by atoms with E-state index in [1.165, 1.54) is 19.2 Å². The van der Waals surface area contributed by atoms with Crippen LogP contribution in [0.4, 0.5) is 0 Å². The van der Waals surface area contributed by atoms with Crippen molar-refractivity contribution < 1.29 is 14.6 Å². The lowest BCUT2D eigenvalue weighted by Crippen LogP contribution is -2.04. The largest absolute Gasteiger partial charge is 0.497 e. The molecule has 0 heterocycles. The lowest BCUT2D eigenvalue weighted by molar-refractivity contribution is 0.0904. The van der Waals surface area contributed by atoms with E-state index in [-0.39, 0.29) is 0 Å². The molecule has 0 aliphatic rings. The molecule has 0 fully saturated rings. The van der Waals surface area contributed by atoms with Crippen molar-refractivity contribution >= 4 is 17.4 Å². The predicted octanol–water partition coefficient (Wildman–Crippen LogP) is 1.52. The maximum Gasteiger partial charge on any atom is 0.189 e. The maximum absolute atomic E-state index is 11.1. The lowest BCUT2D eigenvalue weighted by Gasteiger charge is -2.03. The first-order valence-electron chi connectivity index (χ1n) is 3.66. The monoisotopic (exact) mass is 200 g/mol. The van der Waals surface area contributed by atoms with Crippen molar-refractivity contribution in [2.75, 3.05) is 13.7 Å². The molecule has 4 heteroatoms. The van der Waals surface area contributed by atoms with Crippen LogP contribution in [0.15, 0.2) is 18.2 Å². The number of Topliss-reactive ketones (excluding diaryl/α,β-unsaturated/α-hetero) is 1. The van der Waals surface area contributed by atoms with Gasteiger partial charge in [0, 0.05) is 5.56 Å². The molecule has 0 unspecified atom stereocenters. The molecule has 1 N–H and O–H groups in total. The summed E-state index contributed by atoms with van der Waals surface area (Å²) in [5.74, 6) is 0.187. The summed E-state index contributed by atoms with van der Waals surface area (Å²) in [4.78, 5) is 11.1. The number of halogens is 1. The summed E-state index contributed by atoms with van der Waals surface area (Å²) in [6.45, 7) is -0.536. The highest BCUT2D eigenvalue weighted by atomic mass is 35.5. The van der Waals surface area contributed by atoms with Crippen molar-refractivity contribution in [3.05, 3.63) is 28.8 Å². The number of carbonyl (C=O) groups excluding carboxylic acids is 1. The van der Waals surface area contributed by atoms with Gasteiger partial charge in [-0.1, -0.05) is 11.6 Å². The number of rotatable bonds is 3. The first-order chi connectivity index (χ1) is 6.19. The molecule has 13 heavy (non-hydrogen) atoms. The Bertz CT molecular complexity index is 323. The molecule has 0 amide bonds. The number of hydrogen-bond donors (Lipinski definition) is 1. The summed E-state index contributed by atoms with van der Waals surface area (Å²) in [5, 5.41) is 8.89. The third-order valence-electron chi connectivity index (χ3n) is 1.62. The Morgan fingerprint density at radius 2 is 2.31 bits per heavy atom. The van der Waals surface area contributed by atoms with E-state index in [2.05, 4.69) is 0 Å². The topological polar surface area (TPSA) is 46.5 Å². The molecule has 0 saturated carbocycles. The molecule has 0 radical (unpaired) electrons. The van der Waals surface area contributed by atoms with Crippen LogP contribution in [0.3, 0.4) is 0 Å². The molecular weight excluding hydrogens is 192 g/mol. The number of benzene rings is 1. The Balaban J connectivity index is 3.05. The van der Waals surface area contributed by atoms with Crippen LogP contribution in [0, 0.1) is 0 Å². The molecule has 0 aliphatic carbocycles. The molecule has 0 aromatic heterocycles. The molecule has 70 valence electrons. The molecule has 0 saturated heterocycles. The van der Waals surface area contributed by atoms with Gasteiger partial charge in [-0.3, -0.25) is 4.79 Å². The Morgan fingerprint density at radius 3 is 2.77 bits per heavy atom. The minimum atomic E-state index is -0.536. The Morgan fingerprint density at radius 1 is 1.62 bits per heavy atom. The van der Waals surface area contributed by atoms with Crippen molar-refractivity contribution in [3.8, 4) is 5.75 Å². The van der Waals surface area contributed by atoms with Crippen LogP contribution in [0.1, 0.15) is 10.4 Å². The SMILES string of the molecule is COc1ccc(C(=O)CO)c(Cl)c1. The number of ketones is 1. The third kappa shape index (κ3) is 2.20. The zero-order valence-electron chi connectivity index (χ0n) is 7.08. The number of aliphatic hydroxyl groups is 1. The summed E-state index contributed by atoms with van der Waals surface area (Å²) in [5.41, 5.74) is 0.310. The van der Waals surface area contributed by atoms with Crippen LogP contribution < -0.4 is 4.74 Å². The fraction of sp³-hybridized carbons (Fsp3) is 0.222. The Labute approximate surface area is 80.9 Å². The highest BCUT2D eigenvalue weighted by molar-refractivity contribution is 6.34. The van der Waals surface area contributed by atoms with Crippen LogP contribution in [-0.2, 0) is 0 Å². The minimum Gasteiger partial charge on any atom is -0.497 e. The minimum absolute atomic E-state index is 0.290. The molecule has 1 aromatic rings. The molecule has 1 rings (SSSR count). The normalized spacial score (nSPS) is 9.77. The van der Waals surface area contributed by atoms with Crippen molar-refractivity contribution in [1.29, 1.82) is 0 Å². The second kappa shape index (κ2) is 4.25. The first kappa shape index (κ1) is 10.0. The van der Waals surface area contributed by atoms with E-state index in [0.717, 1.165) is 0 Å². The van der Waals surface area contributed by atoms with Gasteiger partial charge in [0.2, 0.25) is 0 Å². The first-order valence-corrected chi connectivity index (χ1v) is 4.04. The zero-order chi connectivity index (χ0) is 9.84. The van der Waals surface area contributed by atoms with Gasteiger partial charge >= 0.3 is 0 Å². The Hall–Kier alpha value is -1.06. The van der Waals surface area contributed by atoms with Crippen molar-refractivity contribution in [2.45, 2.75) is 0 Å². The van der Waals surface area contributed by atoms with Gasteiger partial charge in [-0.05, 0) is 18.2 Å². The second-order valence-corrected chi connectivity index (χ2v) is 2.83. The highest BCUT2D eigenvalue weighted by Crippen LogP contribution is 2.22. The van der Waals surface area contributed by atoms with E-state index in [9.17, 15) is 4.79 Å². The van der Waals surface area contributed by atoms with Crippen molar-refractivity contribution in [1.82, 2.24) is 0 Å². The Kier molecular flexibility index (Phi) is 3.28. The van der Waals surface area contributed by atoms with E-state index < -0.39 is 12.4 Å². The van der Waals surface area contributed by atoms with E-state index in [0.29, 0.717) is 16.3 Å². The number of carbonyl (C=O) groups is 1. The zero-order valence-corrected chi connectivity index (χ0v) is 7.84. The van der Waals surface area contributed by atoms with E-state index in [1.54, 1.807) is 6.07 Å². The average molecular weight is 201 g/mol. The molecule has 3 nitrogen and oxygen atoms in total. The number of hydrogen-bond acceptors (Lipinski definition) is 3. The van der Waals surface area contributed by atoms with Gasteiger partial charge < -0.3 is 9.84 Å². The maximum atomic E-state index is 11.1. The smallest absolute Gasteiger partial charge is 0.189 e. The highest BCUT2D eigenvalue weighted by Gasteiger charge is 2.09. The number of aliphatic hydroxyl groups excluding tert-OH is 1. The van der Waals surface area contributed by atoms with E-state index >= 15 is 0 Å². The van der Waals surface area contributed by atoms with Crippen molar-refractivity contribution in [3.63, 3.8) is 0 Å². The van der Waals surface area contributed by atoms with Gasteiger partial charge in [0.1, 0.15) is 12.4 Å². The van der Waals surface area contributed by atoms with E-state index in [1.807, 2.05) is 0 Å². The summed E-state index contributed by atoms with van der Waals surface area (Å²) in [7, 11) is 1.51.